The molecule has 1 aromatic heterocycles. The number of rotatable bonds is 5. The highest BCUT2D eigenvalue weighted by Crippen LogP contribution is 2.33. The summed E-state index contributed by atoms with van der Waals surface area (Å²) in [5.74, 6) is 1.57. The lowest BCUT2D eigenvalue weighted by Crippen LogP contribution is -2.24. The molecule has 1 amide bonds. The standard InChI is InChI=1S/C21H21N3O2S/c1-14-6-8-15(9-7-14)19-18(24-10-11-27-21(24)23-19)13-22-20(25)16-4-3-5-17(12-16)26-2/h3-9,12H,10-11,13H2,1-2H3,(H,22,25). The van der Waals surface area contributed by atoms with Gasteiger partial charge in [-0.05, 0) is 25.1 Å². The lowest BCUT2D eigenvalue weighted by molar-refractivity contribution is 0.0949. The zero-order chi connectivity index (χ0) is 18.8. The van der Waals surface area contributed by atoms with Crippen LogP contribution in [0.25, 0.3) is 11.3 Å². The molecule has 0 fully saturated rings. The molecule has 0 aliphatic carbocycles. The van der Waals surface area contributed by atoms with Crippen LogP contribution in [0.2, 0.25) is 0 Å². The summed E-state index contributed by atoms with van der Waals surface area (Å²) in [7, 11) is 1.60. The number of fused-ring (bicyclic) bond motifs is 1. The molecule has 4 rings (SSSR count). The molecular weight excluding hydrogens is 358 g/mol. The van der Waals surface area contributed by atoms with Gasteiger partial charge in [0, 0.05) is 23.4 Å². The molecule has 0 bridgehead atoms. The Morgan fingerprint density at radius 3 is 2.85 bits per heavy atom. The van der Waals surface area contributed by atoms with E-state index in [1.807, 2.05) is 12.1 Å². The van der Waals surface area contributed by atoms with Crippen molar-refractivity contribution in [3.8, 4) is 17.0 Å². The number of aromatic nitrogens is 2. The Balaban J connectivity index is 1.59. The average Bonchev–Trinajstić information content (AvgIpc) is 3.28. The van der Waals surface area contributed by atoms with Crippen molar-refractivity contribution in [2.24, 2.45) is 0 Å². The van der Waals surface area contributed by atoms with E-state index in [0.29, 0.717) is 17.9 Å². The van der Waals surface area contributed by atoms with Gasteiger partial charge in [-0.2, -0.15) is 0 Å². The Labute approximate surface area is 162 Å². The third kappa shape index (κ3) is 3.57. The highest BCUT2D eigenvalue weighted by Gasteiger charge is 2.23. The molecule has 0 saturated heterocycles. The number of nitrogens with zero attached hydrogens (tertiary/aromatic N) is 2. The van der Waals surface area contributed by atoms with Gasteiger partial charge in [-0.1, -0.05) is 47.7 Å². The predicted molar refractivity (Wildman–Crippen MR) is 107 cm³/mol. The van der Waals surface area contributed by atoms with E-state index in [2.05, 4.69) is 41.1 Å². The summed E-state index contributed by atoms with van der Waals surface area (Å²) < 4.78 is 7.42. The minimum absolute atomic E-state index is 0.120. The summed E-state index contributed by atoms with van der Waals surface area (Å²) in [4.78, 5) is 17.4. The molecule has 3 aromatic rings. The number of carbonyl (C=O) groups excluding carboxylic acids is 1. The Bertz CT molecular complexity index is 980. The minimum Gasteiger partial charge on any atom is -0.497 e. The Morgan fingerprint density at radius 1 is 1.26 bits per heavy atom. The van der Waals surface area contributed by atoms with E-state index in [0.717, 1.165) is 34.4 Å². The molecule has 2 heterocycles. The van der Waals surface area contributed by atoms with Crippen LogP contribution < -0.4 is 10.1 Å². The maximum absolute atomic E-state index is 12.6. The first-order valence-electron chi connectivity index (χ1n) is 8.87. The number of hydrogen-bond acceptors (Lipinski definition) is 4. The molecule has 6 heteroatoms. The number of benzene rings is 2. The fourth-order valence-electron chi connectivity index (χ4n) is 3.18. The number of hydrogen-bond donors (Lipinski definition) is 1. The summed E-state index contributed by atoms with van der Waals surface area (Å²) in [5, 5.41) is 4.06. The molecule has 27 heavy (non-hydrogen) atoms. The SMILES string of the molecule is COc1cccc(C(=O)NCc2c(-c3ccc(C)cc3)nc3n2CCS3)c1. The first kappa shape index (κ1) is 17.7. The maximum atomic E-state index is 12.6. The summed E-state index contributed by atoms with van der Waals surface area (Å²) >= 11 is 1.76. The lowest BCUT2D eigenvalue weighted by Gasteiger charge is -2.10. The number of imidazole rings is 1. The second-order valence-corrected chi connectivity index (χ2v) is 7.53. The molecule has 1 aliphatic rings. The van der Waals surface area contributed by atoms with Gasteiger partial charge in [0.15, 0.2) is 5.16 Å². The van der Waals surface area contributed by atoms with Gasteiger partial charge in [0.2, 0.25) is 0 Å². The Hall–Kier alpha value is -2.73. The van der Waals surface area contributed by atoms with Gasteiger partial charge in [-0.15, -0.1) is 0 Å². The van der Waals surface area contributed by atoms with Crippen molar-refractivity contribution in [3.05, 3.63) is 65.4 Å². The van der Waals surface area contributed by atoms with Crippen molar-refractivity contribution in [2.75, 3.05) is 12.9 Å². The van der Waals surface area contributed by atoms with E-state index in [-0.39, 0.29) is 5.91 Å². The molecule has 5 nitrogen and oxygen atoms in total. The van der Waals surface area contributed by atoms with E-state index in [1.165, 1.54) is 5.56 Å². The number of thioether (sulfide) groups is 1. The zero-order valence-electron chi connectivity index (χ0n) is 15.4. The zero-order valence-corrected chi connectivity index (χ0v) is 16.2. The van der Waals surface area contributed by atoms with Gasteiger partial charge in [0.1, 0.15) is 5.75 Å². The van der Waals surface area contributed by atoms with Gasteiger partial charge in [-0.3, -0.25) is 4.79 Å². The summed E-state index contributed by atoms with van der Waals surface area (Å²) in [6.45, 7) is 3.43. The van der Waals surface area contributed by atoms with E-state index >= 15 is 0 Å². The molecule has 0 unspecified atom stereocenters. The van der Waals surface area contributed by atoms with Crippen molar-refractivity contribution in [1.29, 1.82) is 0 Å². The summed E-state index contributed by atoms with van der Waals surface area (Å²) in [5.41, 5.74) is 4.88. The van der Waals surface area contributed by atoms with Crippen molar-refractivity contribution in [2.45, 2.75) is 25.2 Å². The molecular formula is C21H21N3O2S. The van der Waals surface area contributed by atoms with Crippen LogP contribution in [0.15, 0.2) is 53.7 Å². The van der Waals surface area contributed by atoms with Crippen LogP contribution in [0, 0.1) is 6.92 Å². The van der Waals surface area contributed by atoms with Crippen molar-refractivity contribution in [1.82, 2.24) is 14.9 Å². The second kappa shape index (κ2) is 7.48. The van der Waals surface area contributed by atoms with E-state index in [1.54, 1.807) is 31.0 Å². The smallest absolute Gasteiger partial charge is 0.251 e. The number of amides is 1. The Morgan fingerprint density at radius 2 is 2.07 bits per heavy atom. The second-order valence-electron chi connectivity index (χ2n) is 6.47. The van der Waals surface area contributed by atoms with Gasteiger partial charge in [-0.25, -0.2) is 4.98 Å². The van der Waals surface area contributed by atoms with E-state index in [9.17, 15) is 4.79 Å². The number of aryl methyl sites for hydroxylation is 1. The van der Waals surface area contributed by atoms with Gasteiger partial charge in [0.25, 0.3) is 5.91 Å². The number of carbonyl (C=O) groups is 1. The van der Waals surface area contributed by atoms with Crippen LogP contribution in [0.3, 0.4) is 0 Å². The first-order valence-corrected chi connectivity index (χ1v) is 9.86. The fraction of sp³-hybridized carbons (Fsp3) is 0.238. The monoisotopic (exact) mass is 379 g/mol. The predicted octanol–water partition coefficient (Wildman–Crippen LogP) is 3.90. The average molecular weight is 379 g/mol. The highest BCUT2D eigenvalue weighted by molar-refractivity contribution is 7.99. The molecule has 0 spiro atoms. The lowest BCUT2D eigenvalue weighted by atomic mass is 10.1. The highest BCUT2D eigenvalue weighted by atomic mass is 32.2. The normalized spacial score (nSPS) is 12.7. The van der Waals surface area contributed by atoms with Crippen molar-refractivity contribution in [3.63, 3.8) is 0 Å². The fourth-order valence-corrected chi connectivity index (χ4v) is 4.15. The van der Waals surface area contributed by atoms with Crippen LogP contribution in [-0.2, 0) is 13.1 Å². The molecule has 0 atom stereocenters. The van der Waals surface area contributed by atoms with E-state index in [4.69, 9.17) is 9.72 Å². The quantitative estimate of drug-likeness (QED) is 0.730. The minimum atomic E-state index is -0.120. The molecule has 0 saturated carbocycles. The molecule has 2 aromatic carbocycles. The number of ether oxygens (including phenoxy) is 1. The van der Waals surface area contributed by atoms with Crippen LogP contribution in [0.1, 0.15) is 21.6 Å². The van der Waals surface area contributed by atoms with E-state index < -0.39 is 0 Å². The number of nitrogens with one attached hydrogen (secondary N) is 1. The van der Waals surface area contributed by atoms with Gasteiger partial charge < -0.3 is 14.6 Å². The Kier molecular flexibility index (Phi) is 4.90. The third-order valence-corrected chi connectivity index (χ3v) is 5.61. The summed E-state index contributed by atoms with van der Waals surface area (Å²) in [6.07, 6.45) is 0. The van der Waals surface area contributed by atoms with Gasteiger partial charge in [0.05, 0.1) is 25.0 Å². The molecule has 1 N–H and O–H groups in total. The van der Waals surface area contributed by atoms with Crippen LogP contribution >= 0.6 is 11.8 Å². The van der Waals surface area contributed by atoms with Gasteiger partial charge >= 0.3 is 0 Å². The largest absolute Gasteiger partial charge is 0.497 e. The topological polar surface area (TPSA) is 56.1 Å². The molecule has 138 valence electrons. The van der Waals surface area contributed by atoms with Crippen LogP contribution in [-0.4, -0.2) is 28.3 Å². The van der Waals surface area contributed by atoms with Crippen LogP contribution in [0.4, 0.5) is 0 Å². The maximum Gasteiger partial charge on any atom is 0.251 e. The first-order chi connectivity index (χ1) is 13.2. The molecule has 0 radical (unpaired) electrons. The van der Waals surface area contributed by atoms with Crippen molar-refractivity contribution >= 4 is 17.7 Å². The summed E-state index contributed by atoms with van der Waals surface area (Å²) in [6, 6.07) is 15.5. The van der Waals surface area contributed by atoms with Crippen LogP contribution in [0.5, 0.6) is 5.75 Å². The third-order valence-electron chi connectivity index (χ3n) is 4.66. The molecule has 1 aliphatic heterocycles. The number of methoxy groups -OCH3 is 1. The van der Waals surface area contributed by atoms with Crippen molar-refractivity contribution < 1.29 is 9.53 Å².